The zero-order valence-corrected chi connectivity index (χ0v) is 19.6. The summed E-state index contributed by atoms with van der Waals surface area (Å²) < 4.78 is 66.3. The van der Waals surface area contributed by atoms with Crippen LogP contribution in [0, 0.1) is 0 Å². The number of carbonyl (C=O) groups excluding carboxylic acids is 2. The Morgan fingerprint density at radius 2 is 1.58 bits per heavy atom. The molecular formula is C25H22F3N3O4S. The molecule has 188 valence electrons. The SMILES string of the molecule is O=C(Nc1cccc(C(F)(F)F)c1)c1ccccc1NC(=O)C1CCCN1S(=O)(=O)c1ccccc1. The summed E-state index contributed by atoms with van der Waals surface area (Å²) >= 11 is 0. The van der Waals surface area contributed by atoms with Crippen LogP contribution in [0.15, 0.2) is 83.8 Å². The largest absolute Gasteiger partial charge is 0.416 e. The summed E-state index contributed by atoms with van der Waals surface area (Å²) in [6.07, 6.45) is -3.78. The predicted molar refractivity (Wildman–Crippen MR) is 128 cm³/mol. The van der Waals surface area contributed by atoms with Gasteiger partial charge in [-0.05, 0) is 55.3 Å². The normalized spacial score (nSPS) is 16.5. The molecule has 2 amide bonds. The summed E-state index contributed by atoms with van der Waals surface area (Å²) in [5, 5.41) is 5.03. The zero-order valence-electron chi connectivity index (χ0n) is 18.8. The molecule has 1 atom stereocenters. The van der Waals surface area contributed by atoms with E-state index in [9.17, 15) is 31.2 Å². The third-order valence-electron chi connectivity index (χ3n) is 5.73. The molecule has 0 bridgehead atoms. The molecule has 11 heteroatoms. The summed E-state index contributed by atoms with van der Waals surface area (Å²) in [5.74, 6) is -1.34. The molecule has 1 aliphatic heterocycles. The van der Waals surface area contributed by atoms with Crippen LogP contribution in [0.25, 0.3) is 0 Å². The van der Waals surface area contributed by atoms with Gasteiger partial charge < -0.3 is 10.6 Å². The summed E-state index contributed by atoms with van der Waals surface area (Å²) in [5.41, 5.74) is -0.857. The van der Waals surface area contributed by atoms with E-state index in [1.54, 1.807) is 30.3 Å². The van der Waals surface area contributed by atoms with Gasteiger partial charge in [-0.2, -0.15) is 17.5 Å². The Hall–Kier alpha value is -3.70. The van der Waals surface area contributed by atoms with E-state index in [4.69, 9.17) is 0 Å². The molecule has 1 fully saturated rings. The lowest BCUT2D eigenvalue weighted by Gasteiger charge is -2.24. The van der Waals surface area contributed by atoms with Gasteiger partial charge in [0.1, 0.15) is 6.04 Å². The molecule has 7 nitrogen and oxygen atoms in total. The van der Waals surface area contributed by atoms with Crippen LogP contribution in [0.1, 0.15) is 28.8 Å². The lowest BCUT2D eigenvalue weighted by Crippen LogP contribution is -2.43. The van der Waals surface area contributed by atoms with E-state index < -0.39 is 39.6 Å². The van der Waals surface area contributed by atoms with Gasteiger partial charge in [0.05, 0.1) is 21.7 Å². The number of nitrogens with zero attached hydrogens (tertiary/aromatic N) is 1. The summed E-state index contributed by atoms with van der Waals surface area (Å²) in [6.45, 7) is 0.174. The van der Waals surface area contributed by atoms with E-state index in [1.165, 1.54) is 36.4 Å². The van der Waals surface area contributed by atoms with Gasteiger partial charge in [-0.15, -0.1) is 0 Å². The topological polar surface area (TPSA) is 95.6 Å². The van der Waals surface area contributed by atoms with Gasteiger partial charge in [-0.25, -0.2) is 8.42 Å². The first kappa shape index (κ1) is 25.4. The van der Waals surface area contributed by atoms with E-state index in [0.29, 0.717) is 12.8 Å². The first-order valence-corrected chi connectivity index (χ1v) is 12.5. The van der Waals surface area contributed by atoms with Crippen LogP contribution in [0.5, 0.6) is 0 Å². The maximum absolute atomic E-state index is 13.1. The number of alkyl halides is 3. The molecule has 3 aromatic rings. The molecule has 1 aliphatic rings. The number of sulfonamides is 1. The summed E-state index contributed by atoms with van der Waals surface area (Å²) in [4.78, 5) is 26.0. The number of rotatable bonds is 6. The Balaban J connectivity index is 1.53. The third-order valence-corrected chi connectivity index (χ3v) is 7.66. The van der Waals surface area contributed by atoms with Gasteiger partial charge in [0.15, 0.2) is 0 Å². The van der Waals surface area contributed by atoms with Crippen molar-refractivity contribution in [2.45, 2.75) is 30.0 Å². The Morgan fingerprint density at radius 1 is 0.889 bits per heavy atom. The molecule has 0 saturated carbocycles. The highest BCUT2D eigenvalue weighted by Crippen LogP contribution is 2.31. The number of hydrogen-bond donors (Lipinski definition) is 2. The van der Waals surface area contributed by atoms with E-state index in [1.807, 2.05) is 0 Å². The standard InChI is InChI=1S/C25H22F3N3O4S/c26-25(27,28)17-8-6-9-18(16-17)29-23(32)20-12-4-5-13-21(20)30-24(33)22-14-7-15-31(22)36(34,35)19-10-2-1-3-11-19/h1-6,8-13,16,22H,7,14-15H2,(H,29,32)(H,30,33). The van der Waals surface area contributed by atoms with Crippen molar-refractivity contribution in [1.29, 1.82) is 0 Å². The highest BCUT2D eigenvalue weighted by molar-refractivity contribution is 7.89. The van der Waals surface area contributed by atoms with E-state index in [2.05, 4.69) is 10.6 Å². The van der Waals surface area contributed by atoms with Gasteiger partial charge >= 0.3 is 6.18 Å². The number of amides is 2. The molecule has 1 heterocycles. The number of carbonyl (C=O) groups is 2. The van der Waals surface area contributed by atoms with Crippen molar-refractivity contribution in [1.82, 2.24) is 4.31 Å². The third kappa shape index (κ3) is 5.42. The minimum Gasteiger partial charge on any atom is -0.324 e. The Kier molecular flexibility index (Phi) is 7.14. The lowest BCUT2D eigenvalue weighted by atomic mass is 10.1. The second kappa shape index (κ2) is 10.1. The molecular weight excluding hydrogens is 495 g/mol. The van der Waals surface area contributed by atoms with Crippen molar-refractivity contribution < 1.29 is 31.2 Å². The molecule has 2 N–H and O–H groups in total. The molecule has 0 radical (unpaired) electrons. The van der Waals surface area contributed by atoms with Crippen molar-refractivity contribution >= 4 is 33.2 Å². The Bertz CT molecular complexity index is 1380. The van der Waals surface area contributed by atoms with Crippen LogP contribution in [0.3, 0.4) is 0 Å². The van der Waals surface area contributed by atoms with Crippen LogP contribution in [0.2, 0.25) is 0 Å². The second-order valence-corrected chi connectivity index (χ2v) is 10.0. The number of para-hydroxylation sites is 1. The number of nitrogens with one attached hydrogen (secondary N) is 2. The van der Waals surface area contributed by atoms with Crippen molar-refractivity contribution in [3.05, 3.63) is 90.0 Å². The van der Waals surface area contributed by atoms with Gasteiger partial charge in [0.2, 0.25) is 15.9 Å². The first-order chi connectivity index (χ1) is 17.1. The minimum absolute atomic E-state index is 0.0127. The Morgan fingerprint density at radius 3 is 2.31 bits per heavy atom. The number of anilines is 2. The van der Waals surface area contributed by atoms with Gasteiger partial charge in [0.25, 0.3) is 5.91 Å². The van der Waals surface area contributed by atoms with Gasteiger partial charge in [-0.1, -0.05) is 36.4 Å². The molecule has 1 saturated heterocycles. The van der Waals surface area contributed by atoms with Gasteiger partial charge in [0, 0.05) is 12.2 Å². The molecule has 3 aromatic carbocycles. The maximum atomic E-state index is 13.1. The van der Waals surface area contributed by atoms with E-state index in [-0.39, 0.29) is 28.4 Å². The average Bonchev–Trinajstić information content (AvgIpc) is 3.36. The summed E-state index contributed by atoms with van der Waals surface area (Å²) in [6, 6.07) is 17.0. The molecule has 1 unspecified atom stereocenters. The maximum Gasteiger partial charge on any atom is 0.416 e. The Labute approximate surface area is 206 Å². The average molecular weight is 518 g/mol. The fourth-order valence-electron chi connectivity index (χ4n) is 4.00. The van der Waals surface area contributed by atoms with Crippen molar-refractivity contribution in [3.63, 3.8) is 0 Å². The first-order valence-electron chi connectivity index (χ1n) is 11.0. The second-order valence-electron chi connectivity index (χ2n) is 8.15. The van der Waals surface area contributed by atoms with Crippen molar-refractivity contribution in [3.8, 4) is 0 Å². The highest BCUT2D eigenvalue weighted by Gasteiger charge is 2.39. The van der Waals surface area contributed by atoms with E-state index in [0.717, 1.165) is 16.4 Å². The van der Waals surface area contributed by atoms with Crippen LogP contribution >= 0.6 is 0 Å². The van der Waals surface area contributed by atoms with E-state index >= 15 is 0 Å². The quantitative estimate of drug-likeness (QED) is 0.493. The fraction of sp³-hybridized carbons (Fsp3) is 0.200. The molecule has 0 aromatic heterocycles. The van der Waals surface area contributed by atoms with Gasteiger partial charge in [-0.3, -0.25) is 9.59 Å². The predicted octanol–water partition coefficient (Wildman–Crippen LogP) is 4.75. The van der Waals surface area contributed by atoms with Crippen LogP contribution < -0.4 is 10.6 Å². The van der Waals surface area contributed by atoms with Crippen LogP contribution in [0.4, 0.5) is 24.5 Å². The molecule has 0 spiro atoms. The number of halogens is 3. The molecule has 4 rings (SSSR count). The monoisotopic (exact) mass is 517 g/mol. The number of hydrogen-bond acceptors (Lipinski definition) is 4. The van der Waals surface area contributed by atoms with Crippen molar-refractivity contribution in [2.24, 2.45) is 0 Å². The van der Waals surface area contributed by atoms with Crippen LogP contribution in [-0.4, -0.2) is 37.1 Å². The van der Waals surface area contributed by atoms with Crippen LogP contribution in [-0.2, 0) is 21.0 Å². The lowest BCUT2D eigenvalue weighted by molar-refractivity contribution is -0.137. The minimum atomic E-state index is -4.57. The molecule has 0 aliphatic carbocycles. The highest BCUT2D eigenvalue weighted by atomic mass is 32.2. The zero-order chi connectivity index (χ0) is 25.9. The molecule has 36 heavy (non-hydrogen) atoms. The van der Waals surface area contributed by atoms with Crippen molar-refractivity contribution in [2.75, 3.05) is 17.2 Å². The smallest absolute Gasteiger partial charge is 0.324 e. The summed E-state index contributed by atoms with van der Waals surface area (Å²) in [7, 11) is -3.91. The number of benzene rings is 3. The fourth-order valence-corrected chi connectivity index (χ4v) is 5.67.